The Morgan fingerprint density at radius 3 is 1.15 bits per heavy atom. The van der Waals surface area contributed by atoms with Gasteiger partial charge >= 0.3 is 0 Å². The summed E-state index contributed by atoms with van der Waals surface area (Å²) in [7, 11) is 0. The average Bonchev–Trinajstić information content (AvgIpc) is 3.08. The maximum atomic E-state index is 9.41. The van der Waals surface area contributed by atoms with Gasteiger partial charge in [-0.25, -0.2) is 0 Å². The number of rotatable bonds is 6. The van der Waals surface area contributed by atoms with Gasteiger partial charge in [-0.2, -0.15) is 25.3 Å². The fraction of sp³-hybridized carbons (Fsp3) is 0.300. The van der Waals surface area contributed by atoms with E-state index in [9.17, 15) is 10.2 Å². The molecular weight excluding hydrogens is 609 g/mol. The summed E-state index contributed by atoms with van der Waals surface area (Å²) in [4.78, 5) is 0. The first-order chi connectivity index (χ1) is 21.8. The van der Waals surface area contributed by atoms with Crippen LogP contribution in [0.5, 0.6) is 17.2 Å². The largest absolute Gasteiger partial charge is 0.513 e. The van der Waals surface area contributed by atoms with Crippen LogP contribution in [-0.2, 0) is 10.8 Å². The van der Waals surface area contributed by atoms with Crippen LogP contribution in [0.2, 0.25) is 0 Å². The zero-order valence-electron chi connectivity index (χ0n) is 29.1. The van der Waals surface area contributed by atoms with E-state index in [0.29, 0.717) is 17.3 Å². The summed E-state index contributed by atoms with van der Waals surface area (Å²) in [6.07, 6.45) is 6.97. The molecule has 0 aliphatic carbocycles. The van der Waals surface area contributed by atoms with Crippen LogP contribution in [0.1, 0.15) is 77.6 Å². The summed E-state index contributed by atoms with van der Waals surface area (Å²) in [5.74, 6) is 2.72. The predicted molar refractivity (Wildman–Crippen MR) is 205 cm³/mol. The first kappa shape index (κ1) is 42.3. The van der Waals surface area contributed by atoms with E-state index in [1.807, 2.05) is 62.4 Å². The van der Waals surface area contributed by atoms with Gasteiger partial charge in [-0.3, -0.25) is 0 Å². The van der Waals surface area contributed by atoms with Crippen molar-refractivity contribution >= 4 is 25.3 Å². The second kappa shape index (κ2) is 21.9. The highest BCUT2D eigenvalue weighted by Crippen LogP contribution is 2.34. The minimum Gasteiger partial charge on any atom is -0.513 e. The topological polar surface area (TPSA) is 69.9 Å². The van der Waals surface area contributed by atoms with Crippen LogP contribution in [0.15, 0.2) is 127 Å². The first-order valence-corrected chi connectivity index (χ1v) is 16.9. The molecule has 0 fully saturated rings. The maximum Gasteiger partial charge on any atom is 0.126 e. The summed E-state index contributed by atoms with van der Waals surface area (Å²) >= 11 is 7.06. The average molecular weight is 663 g/mol. The predicted octanol–water partition coefficient (Wildman–Crippen LogP) is 11.3. The van der Waals surface area contributed by atoms with Crippen LogP contribution in [0.25, 0.3) is 0 Å². The molecule has 0 saturated heterocycles. The molecule has 0 bridgehead atoms. The minimum atomic E-state index is -0.123. The van der Waals surface area contributed by atoms with Gasteiger partial charge in [0, 0.05) is 10.8 Å². The SMILES string of the molecule is CC(C)(c1ccccc1)c1ccc(O)cc1.CC=C(C)O.CC=C(C)Oc1ccc(C(C)(C)c2ccc(O)cc2)cc1.CS.CS. The molecule has 0 aromatic heterocycles. The molecule has 4 rings (SSSR count). The van der Waals surface area contributed by atoms with Crippen molar-refractivity contribution in [3.63, 3.8) is 0 Å². The third-order valence-corrected chi connectivity index (χ3v) is 7.35. The molecule has 4 nitrogen and oxygen atoms in total. The van der Waals surface area contributed by atoms with E-state index in [2.05, 4.69) is 89.4 Å². The van der Waals surface area contributed by atoms with Gasteiger partial charge in [0.2, 0.25) is 0 Å². The number of phenolic OH excluding ortho intramolecular Hbond substituents is 2. The Balaban J connectivity index is 0.000000715. The molecule has 0 radical (unpaired) electrons. The molecule has 4 aromatic carbocycles. The molecule has 4 aromatic rings. The van der Waals surface area contributed by atoms with Crippen LogP contribution in [-0.4, -0.2) is 27.8 Å². The Hall–Kier alpha value is -3.74. The van der Waals surface area contributed by atoms with Crippen molar-refractivity contribution in [1.29, 1.82) is 0 Å². The molecule has 0 aliphatic rings. The number of aliphatic hydroxyl groups excluding tert-OH is 1. The number of hydrogen-bond acceptors (Lipinski definition) is 6. The third kappa shape index (κ3) is 14.1. The first-order valence-electron chi connectivity index (χ1n) is 15.1. The van der Waals surface area contributed by atoms with E-state index in [1.54, 1.807) is 56.7 Å². The molecule has 46 heavy (non-hydrogen) atoms. The second-order valence-electron chi connectivity index (χ2n) is 11.2. The molecule has 0 aliphatic heterocycles. The van der Waals surface area contributed by atoms with Crippen molar-refractivity contribution < 1.29 is 20.1 Å². The molecule has 250 valence electrons. The Kier molecular flexibility index (Phi) is 20.1. The Labute approximate surface area is 289 Å². The van der Waals surface area contributed by atoms with Gasteiger partial charge in [-0.15, -0.1) is 0 Å². The highest BCUT2D eigenvalue weighted by Gasteiger charge is 2.23. The zero-order chi connectivity index (χ0) is 35.3. The minimum absolute atomic E-state index is 0.0328. The number of allylic oxidation sites excluding steroid dienone is 4. The van der Waals surface area contributed by atoms with Crippen LogP contribution in [0, 0.1) is 0 Å². The van der Waals surface area contributed by atoms with E-state index < -0.39 is 0 Å². The van der Waals surface area contributed by atoms with Crippen molar-refractivity contribution in [2.24, 2.45) is 0 Å². The molecule has 3 N–H and O–H groups in total. The number of aliphatic hydroxyl groups is 1. The summed E-state index contributed by atoms with van der Waals surface area (Å²) in [6, 6.07) is 33.3. The summed E-state index contributed by atoms with van der Waals surface area (Å²) in [5.41, 5.74) is 4.70. The lowest BCUT2D eigenvalue weighted by Gasteiger charge is -2.26. The molecule has 0 atom stereocenters. The molecule has 0 unspecified atom stereocenters. The Morgan fingerprint density at radius 1 is 0.543 bits per heavy atom. The van der Waals surface area contributed by atoms with Crippen molar-refractivity contribution in [2.45, 2.75) is 66.2 Å². The fourth-order valence-corrected chi connectivity index (χ4v) is 4.13. The van der Waals surface area contributed by atoms with E-state index in [-0.39, 0.29) is 10.8 Å². The van der Waals surface area contributed by atoms with Crippen LogP contribution >= 0.6 is 25.3 Å². The standard InChI is InChI=1S/C19H22O2.C15H16O.C4H8O.2CH4S/c1-5-14(2)21-18-12-8-16(9-13-18)19(3,4)15-6-10-17(20)11-7-15;1-15(2,12-6-4-3-5-7-12)13-8-10-14(16)11-9-13;1-3-4(2)5;2*1-2/h5-13,20H,1-4H3;3-11,16H,1-2H3;3,5H,1-2H3;2*2H,1H3. The summed E-state index contributed by atoms with van der Waals surface area (Å²) < 4.78 is 5.68. The summed E-state index contributed by atoms with van der Waals surface area (Å²) in [6.45, 7) is 16.0. The Morgan fingerprint density at radius 2 is 0.848 bits per heavy atom. The van der Waals surface area contributed by atoms with E-state index in [1.165, 1.54) is 22.3 Å². The van der Waals surface area contributed by atoms with Crippen LogP contribution in [0.3, 0.4) is 0 Å². The smallest absolute Gasteiger partial charge is 0.126 e. The van der Waals surface area contributed by atoms with Gasteiger partial charge < -0.3 is 20.1 Å². The number of benzene rings is 4. The normalized spacial score (nSPS) is 11.1. The highest BCUT2D eigenvalue weighted by atomic mass is 32.1. The van der Waals surface area contributed by atoms with Crippen LogP contribution in [0.4, 0.5) is 0 Å². The monoisotopic (exact) mass is 662 g/mol. The van der Waals surface area contributed by atoms with Gasteiger partial charge in [-0.05, 0) is 105 Å². The highest BCUT2D eigenvalue weighted by molar-refractivity contribution is 7.79. The molecule has 6 heteroatoms. The summed E-state index contributed by atoms with van der Waals surface area (Å²) in [5, 5.41) is 26.9. The molecule has 0 heterocycles. The van der Waals surface area contributed by atoms with E-state index in [4.69, 9.17) is 9.84 Å². The van der Waals surface area contributed by atoms with Gasteiger partial charge in [0.25, 0.3) is 0 Å². The quantitative estimate of drug-likeness (QED) is 0.105. The molecule has 0 amide bonds. The van der Waals surface area contributed by atoms with E-state index >= 15 is 0 Å². The number of thiol groups is 2. The molecule has 0 saturated carbocycles. The lowest BCUT2D eigenvalue weighted by Crippen LogP contribution is -2.18. The Bertz CT molecular complexity index is 1420. The van der Waals surface area contributed by atoms with Gasteiger partial charge in [0.15, 0.2) is 0 Å². The van der Waals surface area contributed by atoms with Crippen molar-refractivity contribution in [3.8, 4) is 17.2 Å². The lowest BCUT2D eigenvalue weighted by atomic mass is 9.78. The second-order valence-corrected chi connectivity index (χ2v) is 11.2. The number of phenols is 2. The number of ether oxygens (including phenoxy) is 1. The van der Waals surface area contributed by atoms with Crippen molar-refractivity contribution in [2.75, 3.05) is 12.5 Å². The van der Waals surface area contributed by atoms with E-state index in [0.717, 1.165) is 11.5 Å². The van der Waals surface area contributed by atoms with Crippen LogP contribution < -0.4 is 4.74 Å². The zero-order valence-corrected chi connectivity index (χ0v) is 30.9. The molecular formula is C40H54O4S2. The number of hydrogen-bond donors (Lipinski definition) is 5. The van der Waals surface area contributed by atoms with Crippen molar-refractivity contribution in [3.05, 3.63) is 149 Å². The number of aromatic hydroxyl groups is 2. The maximum absolute atomic E-state index is 9.41. The third-order valence-electron chi connectivity index (χ3n) is 7.35. The van der Waals surface area contributed by atoms with Gasteiger partial charge in [0.05, 0.1) is 11.5 Å². The van der Waals surface area contributed by atoms with Gasteiger partial charge in [-0.1, -0.05) is 101 Å². The van der Waals surface area contributed by atoms with Gasteiger partial charge in [0.1, 0.15) is 17.2 Å². The lowest BCUT2D eigenvalue weighted by molar-refractivity contribution is 0.413. The molecule has 0 spiro atoms. The van der Waals surface area contributed by atoms with Crippen molar-refractivity contribution in [1.82, 2.24) is 0 Å². The fourth-order valence-electron chi connectivity index (χ4n) is 4.13.